The van der Waals surface area contributed by atoms with Crippen molar-refractivity contribution in [3.8, 4) is 0 Å². The zero-order chi connectivity index (χ0) is 11.3. The van der Waals surface area contributed by atoms with E-state index >= 15 is 0 Å². The van der Waals surface area contributed by atoms with Gasteiger partial charge in [-0.2, -0.15) is 0 Å². The first-order valence-electron chi connectivity index (χ1n) is 4.13. The Morgan fingerprint density at radius 3 is 2.53 bits per heavy atom. The Labute approximate surface area is 86.1 Å². The van der Waals surface area contributed by atoms with Crippen molar-refractivity contribution in [1.82, 2.24) is 0 Å². The van der Waals surface area contributed by atoms with Crippen molar-refractivity contribution in [2.45, 2.75) is 6.29 Å². The van der Waals surface area contributed by atoms with E-state index in [1.165, 1.54) is 26.4 Å². The van der Waals surface area contributed by atoms with Gasteiger partial charge in [0.05, 0.1) is 0 Å². The quantitative estimate of drug-likeness (QED) is 0.332. The molecule has 0 radical (unpaired) electrons. The van der Waals surface area contributed by atoms with Gasteiger partial charge in [0.15, 0.2) is 6.29 Å². The fourth-order valence-electron chi connectivity index (χ4n) is 1.17. The maximum atomic E-state index is 13.5. The molecule has 0 atom stereocenters. The zero-order valence-corrected chi connectivity index (χ0v) is 8.35. The average molecular weight is 211 g/mol. The Morgan fingerprint density at radius 2 is 2.07 bits per heavy atom. The molecular weight excluding hydrogens is 201 g/mol. The molecule has 0 unspecified atom stereocenters. The van der Waals surface area contributed by atoms with Gasteiger partial charge >= 0.3 is 0 Å². The van der Waals surface area contributed by atoms with E-state index in [9.17, 15) is 4.39 Å². The second-order valence-corrected chi connectivity index (χ2v) is 2.70. The number of nitrogens with zero attached hydrogens (tertiary/aromatic N) is 3. The molecule has 6 heteroatoms. The van der Waals surface area contributed by atoms with Crippen LogP contribution >= 0.6 is 0 Å². The molecule has 80 valence electrons. The van der Waals surface area contributed by atoms with E-state index in [-0.39, 0.29) is 11.3 Å². The van der Waals surface area contributed by atoms with Gasteiger partial charge in [-0.1, -0.05) is 17.2 Å². The van der Waals surface area contributed by atoms with Crippen LogP contribution in [0.1, 0.15) is 11.9 Å². The van der Waals surface area contributed by atoms with Gasteiger partial charge < -0.3 is 9.47 Å². The van der Waals surface area contributed by atoms with E-state index in [1.807, 2.05) is 0 Å². The maximum absolute atomic E-state index is 13.5. The highest BCUT2D eigenvalue weighted by Crippen LogP contribution is 2.24. The van der Waals surface area contributed by atoms with Crippen molar-refractivity contribution in [2.24, 2.45) is 5.11 Å². The number of ether oxygens (including phenoxy) is 2. The fraction of sp³-hybridized carbons (Fsp3) is 0.333. The Bertz CT molecular complexity index is 387. The molecule has 0 aliphatic carbocycles. The van der Waals surface area contributed by atoms with Gasteiger partial charge in [-0.15, -0.1) is 0 Å². The van der Waals surface area contributed by atoms with E-state index in [0.717, 1.165) is 6.07 Å². The SMILES string of the molecule is COC(OC)c1ccc(N=[N+]=[N-])cc1F. The maximum Gasteiger partial charge on any atom is 0.185 e. The molecule has 1 aromatic rings. The molecule has 0 aliphatic heterocycles. The summed E-state index contributed by atoms with van der Waals surface area (Å²) in [5.74, 6) is -0.534. The first kappa shape index (κ1) is 11.5. The molecule has 0 bridgehead atoms. The van der Waals surface area contributed by atoms with Gasteiger partial charge in [-0.05, 0) is 11.6 Å². The van der Waals surface area contributed by atoms with Crippen LogP contribution in [0.15, 0.2) is 23.3 Å². The average Bonchev–Trinajstić information content (AvgIpc) is 2.23. The minimum atomic E-state index is -0.759. The van der Waals surface area contributed by atoms with Gasteiger partial charge in [0.25, 0.3) is 0 Å². The summed E-state index contributed by atoms with van der Waals surface area (Å²) < 4.78 is 23.3. The first-order chi connectivity index (χ1) is 7.22. The van der Waals surface area contributed by atoms with Crippen LogP contribution in [0, 0.1) is 5.82 Å². The van der Waals surface area contributed by atoms with E-state index in [0.29, 0.717) is 0 Å². The third-order valence-electron chi connectivity index (χ3n) is 1.83. The number of azide groups is 1. The van der Waals surface area contributed by atoms with Crippen LogP contribution in [0.2, 0.25) is 0 Å². The molecule has 0 aliphatic rings. The van der Waals surface area contributed by atoms with Crippen LogP contribution in [0.3, 0.4) is 0 Å². The number of halogens is 1. The fourth-order valence-corrected chi connectivity index (χ4v) is 1.17. The normalized spacial score (nSPS) is 10.1. The van der Waals surface area contributed by atoms with Crippen LogP contribution in [0.5, 0.6) is 0 Å². The van der Waals surface area contributed by atoms with Crippen molar-refractivity contribution in [3.05, 3.63) is 40.0 Å². The van der Waals surface area contributed by atoms with Crippen molar-refractivity contribution in [1.29, 1.82) is 0 Å². The summed E-state index contributed by atoms with van der Waals surface area (Å²) in [6, 6.07) is 4.07. The molecule has 0 saturated carbocycles. The summed E-state index contributed by atoms with van der Waals surface area (Å²) in [7, 11) is 2.82. The lowest BCUT2D eigenvalue weighted by Gasteiger charge is -2.14. The molecular formula is C9H10FN3O2. The number of methoxy groups -OCH3 is 2. The van der Waals surface area contributed by atoms with Crippen LogP contribution in [0.4, 0.5) is 10.1 Å². The molecule has 0 N–H and O–H groups in total. The summed E-state index contributed by atoms with van der Waals surface area (Å²) in [4.78, 5) is 2.56. The molecule has 0 saturated heterocycles. The lowest BCUT2D eigenvalue weighted by atomic mass is 10.2. The molecule has 5 nitrogen and oxygen atoms in total. The van der Waals surface area contributed by atoms with Crippen LogP contribution in [-0.2, 0) is 9.47 Å². The Kier molecular flexibility index (Phi) is 4.05. The van der Waals surface area contributed by atoms with Crippen LogP contribution in [0.25, 0.3) is 10.4 Å². The molecule has 0 aromatic heterocycles. The lowest BCUT2D eigenvalue weighted by Crippen LogP contribution is -2.05. The van der Waals surface area contributed by atoms with Crippen molar-refractivity contribution >= 4 is 5.69 Å². The highest BCUT2D eigenvalue weighted by atomic mass is 19.1. The van der Waals surface area contributed by atoms with Gasteiger partial charge in [-0.3, -0.25) is 0 Å². The second kappa shape index (κ2) is 5.31. The lowest BCUT2D eigenvalue weighted by molar-refractivity contribution is -0.107. The van der Waals surface area contributed by atoms with Crippen LogP contribution < -0.4 is 0 Å². The number of rotatable bonds is 4. The van der Waals surface area contributed by atoms with Crippen molar-refractivity contribution < 1.29 is 13.9 Å². The van der Waals surface area contributed by atoms with Gasteiger partial charge in [-0.25, -0.2) is 4.39 Å². The van der Waals surface area contributed by atoms with E-state index < -0.39 is 12.1 Å². The van der Waals surface area contributed by atoms with Gasteiger partial charge in [0, 0.05) is 30.4 Å². The number of hydrogen-bond acceptors (Lipinski definition) is 3. The summed E-state index contributed by atoms with van der Waals surface area (Å²) in [5, 5.41) is 3.28. The van der Waals surface area contributed by atoms with Crippen molar-refractivity contribution in [2.75, 3.05) is 14.2 Å². The summed E-state index contributed by atoms with van der Waals surface area (Å²) in [5.41, 5.74) is 8.64. The van der Waals surface area contributed by atoms with E-state index in [2.05, 4.69) is 10.0 Å². The Hall–Kier alpha value is -1.62. The molecule has 0 amide bonds. The molecule has 15 heavy (non-hydrogen) atoms. The molecule has 0 heterocycles. The molecule has 1 aromatic carbocycles. The van der Waals surface area contributed by atoms with Crippen LogP contribution in [-0.4, -0.2) is 14.2 Å². The highest BCUT2D eigenvalue weighted by Gasteiger charge is 2.13. The minimum Gasteiger partial charge on any atom is -0.352 e. The van der Waals surface area contributed by atoms with E-state index in [1.54, 1.807) is 0 Å². The smallest absolute Gasteiger partial charge is 0.185 e. The molecule has 1 rings (SSSR count). The summed E-state index contributed by atoms with van der Waals surface area (Å²) >= 11 is 0. The zero-order valence-electron chi connectivity index (χ0n) is 8.35. The van der Waals surface area contributed by atoms with Gasteiger partial charge in [0.2, 0.25) is 0 Å². The number of benzene rings is 1. The highest BCUT2D eigenvalue weighted by molar-refractivity contribution is 5.40. The predicted octanol–water partition coefficient (Wildman–Crippen LogP) is 3.06. The standard InChI is InChI=1S/C9H10FN3O2/c1-14-9(15-2)7-4-3-6(12-13-11)5-8(7)10/h3-5,9H,1-2H3. The topological polar surface area (TPSA) is 67.2 Å². The van der Waals surface area contributed by atoms with E-state index in [4.69, 9.17) is 15.0 Å². The van der Waals surface area contributed by atoms with Crippen molar-refractivity contribution in [3.63, 3.8) is 0 Å². The Morgan fingerprint density at radius 1 is 1.40 bits per heavy atom. The third kappa shape index (κ3) is 2.66. The van der Waals surface area contributed by atoms with Gasteiger partial charge in [0.1, 0.15) is 5.82 Å². The molecule has 0 fully saturated rings. The predicted molar refractivity (Wildman–Crippen MR) is 52.0 cm³/mol. The number of hydrogen-bond donors (Lipinski definition) is 0. The second-order valence-electron chi connectivity index (χ2n) is 2.70. The summed E-state index contributed by atoms with van der Waals surface area (Å²) in [6.45, 7) is 0. The minimum absolute atomic E-state index is 0.213. The first-order valence-corrected chi connectivity index (χ1v) is 4.13. The summed E-state index contributed by atoms with van der Waals surface area (Å²) in [6.07, 6.45) is -0.759. The molecule has 0 spiro atoms. The largest absolute Gasteiger partial charge is 0.352 e. The monoisotopic (exact) mass is 211 g/mol. The third-order valence-corrected chi connectivity index (χ3v) is 1.83. The Balaban J connectivity index is 3.06.